The van der Waals surface area contributed by atoms with Crippen molar-refractivity contribution < 1.29 is 4.79 Å². The molecule has 0 aliphatic rings. The van der Waals surface area contributed by atoms with Gasteiger partial charge in [-0.3, -0.25) is 10.2 Å². The summed E-state index contributed by atoms with van der Waals surface area (Å²) in [5.41, 5.74) is 10.8. The van der Waals surface area contributed by atoms with Crippen molar-refractivity contribution in [3.63, 3.8) is 0 Å². The lowest BCUT2D eigenvalue weighted by Crippen LogP contribution is -2.53. The van der Waals surface area contributed by atoms with E-state index in [4.69, 9.17) is 23.2 Å². The van der Waals surface area contributed by atoms with Gasteiger partial charge in [-0.2, -0.15) is 4.52 Å². The quantitative estimate of drug-likeness (QED) is 0.282. The molecule has 0 spiro atoms. The number of fused-ring (bicyclic) bond motifs is 3. The van der Waals surface area contributed by atoms with Crippen LogP contribution < -0.4 is 10.9 Å². The van der Waals surface area contributed by atoms with Crippen LogP contribution in [0, 0.1) is 0 Å². The Balaban J connectivity index is 1.70. The number of aryl methyl sites for hydroxylation is 1. The highest BCUT2D eigenvalue weighted by Crippen LogP contribution is 2.40. The smallest absolute Gasteiger partial charge is 0.231 e. The van der Waals surface area contributed by atoms with Crippen molar-refractivity contribution in [2.45, 2.75) is 12.5 Å². The predicted octanol–water partition coefficient (Wildman–Crippen LogP) is 4.92. The Morgan fingerprint density at radius 3 is 2.46 bits per heavy atom. The number of nitrogens with one attached hydrogen (secondary N) is 2. The summed E-state index contributed by atoms with van der Waals surface area (Å²) in [6.45, 7) is 1.45. The van der Waals surface area contributed by atoms with E-state index in [1.807, 2.05) is 78.3 Å². The Bertz CT molecular complexity index is 1850. The molecule has 1 unspecified atom stereocenters. The van der Waals surface area contributed by atoms with Gasteiger partial charge in [0.25, 0.3) is 0 Å². The SMILES string of the molecule is CC(=O)NNC(c1ccc(Cl)cc1)(c1ccc2c(c1)c(-c1cccc(Cl)c1)cc1nnnn12)c1cncn1C. The lowest BCUT2D eigenvalue weighted by atomic mass is 9.79. The standard InChI is InChI=1S/C28H22Cl2N8O/c1-17(39)32-34-28(26-15-31-16-37(26)2,19-6-9-21(29)10-7-19)20-8-11-25-24(13-20)23(14-27-33-35-36-38(25)27)18-4-3-5-22(30)12-18/h3-16,34H,1-2H3,(H,32,39). The number of rotatable bonds is 6. The van der Waals surface area contributed by atoms with Crippen LogP contribution in [0.1, 0.15) is 23.7 Å². The topological polar surface area (TPSA) is 102 Å². The fraction of sp³-hybridized carbons (Fsp3) is 0.107. The minimum absolute atomic E-state index is 0.244. The van der Waals surface area contributed by atoms with Gasteiger partial charge in [-0.25, -0.2) is 10.4 Å². The second-order valence-corrected chi connectivity index (χ2v) is 10.1. The number of imidazole rings is 1. The van der Waals surface area contributed by atoms with Gasteiger partial charge in [0.1, 0.15) is 5.54 Å². The largest absolute Gasteiger partial charge is 0.335 e. The Kier molecular flexibility index (Phi) is 6.26. The van der Waals surface area contributed by atoms with Gasteiger partial charge >= 0.3 is 0 Å². The van der Waals surface area contributed by atoms with Gasteiger partial charge in [-0.05, 0) is 75.1 Å². The molecular formula is C28H22Cl2N8O. The maximum absolute atomic E-state index is 12.2. The Hall–Kier alpha value is -4.31. The molecule has 194 valence electrons. The summed E-state index contributed by atoms with van der Waals surface area (Å²) in [7, 11) is 1.91. The number of hydrazine groups is 1. The van der Waals surface area contributed by atoms with Crippen LogP contribution >= 0.6 is 23.2 Å². The number of tetrazole rings is 1. The van der Waals surface area contributed by atoms with Gasteiger partial charge in [0.15, 0.2) is 5.65 Å². The highest BCUT2D eigenvalue weighted by Gasteiger charge is 2.39. The molecule has 3 aromatic carbocycles. The van der Waals surface area contributed by atoms with Crippen molar-refractivity contribution in [1.82, 2.24) is 40.4 Å². The molecule has 11 heteroatoms. The molecule has 1 amide bonds. The molecule has 0 bridgehead atoms. The number of amides is 1. The van der Waals surface area contributed by atoms with E-state index < -0.39 is 5.54 Å². The Labute approximate surface area is 233 Å². The van der Waals surface area contributed by atoms with Gasteiger partial charge in [-0.1, -0.05) is 53.5 Å². The van der Waals surface area contributed by atoms with Crippen LogP contribution in [0.5, 0.6) is 0 Å². The molecular weight excluding hydrogens is 535 g/mol. The minimum atomic E-state index is -1.04. The van der Waals surface area contributed by atoms with Crippen LogP contribution in [0.25, 0.3) is 27.7 Å². The summed E-state index contributed by atoms with van der Waals surface area (Å²) in [4.78, 5) is 16.6. The van der Waals surface area contributed by atoms with Crippen LogP contribution in [-0.4, -0.2) is 35.5 Å². The molecule has 39 heavy (non-hydrogen) atoms. The number of pyridine rings is 1. The molecule has 0 aliphatic heterocycles. The van der Waals surface area contributed by atoms with Gasteiger partial charge in [-0.15, -0.1) is 5.10 Å². The van der Waals surface area contributed by atoms with E-state index in [-0.39, 0.29) is 5.91 Å². The summed E-state index contributed by atoms with van der Waals surface area (Å²) < 4.78 is 3.61. The average Bonchev–Trinajstić information content (AvgIpc) is 3.58. The second-order valence-electron chi connectivity index (χ2n) is 9.20. The van der Waals surface area contributed by atoms with Gasteiger partial charge < -0.3 is 4.57 Å². The number of aromatic nitrogens is 6. The molecule has 6 rings (SSSR count). The third-order valence-electron chi connectivity index (χ3n) is 6.75. The first kappa shape index (κ1) is 25.0. The molecule has 6 aromatic rings. The highest BCUT2D eigenvalue weighted by atomic mass is 35.5. The number of nitrogens with zero attached hydrogens (tertiary/aromatic N) is 6. The van der Waals surface area contributed by atoms with Crippen LogP contribution in [0.4, 0.5) is 0 Å². The second kappa shape index (κ2) is 9.77. The molecule has 0 radical (unpaired) electrons. The molecule has 0 aliphatic carbocycles. The normalized spacial score (nSPS) is 13.0. The predicted molar refractivity (Wildman–Crippen MR) is 150 cm³/mol. The van der Waals surface area contributed by atoms with Crippen LogP contribution in [0.3, 0.4) is 0 Å². The molecule has 0 saturated heterocycles. The lowest BCUT2D eigenvalue weighted by Gasteiger charge is -2.36. The molecule has 2 N–H and O–H groups in total. The summed E-state index contributed by atoms with van der Waals surface area (Å²) >= 11 is 12.7. The Morgan fingerprint density at radius 2 is 1.74 bits per heavy atom. The molecule has 3 aromatic heterocycles. The molecule has 1 atom stereocenters. The first-order chi connectivity index (χ1) is 18.9. The fourth-order valence-electron chi connectivity index (χ4n) is 5.00. The van der Waals surface area contributed by atoms with E-state index in [1.165, 1.54) is 6.92 Å². The maximum Gasteiger partial charge on any atom is 0.231 e. The van der Waals surface area contributed by atoms with E-state index >= 15 is 0 Å². The number of carbonyl (C=O) groups is 1. The van der Waals surface area contributed by atoms with Crippen LogP contribution in [-0.2, 0) is 17.4 Å². The zero-order valence-electron chi connectivity index (χ0n) is 20.9. The van der Waals surface area contributed by atoms with E-state index in [1.54, 1.807) is 17.0 Å². The number of benzene rings is 3. The summed E-state index contributed by atoms with van der Waals surface area (Å²) in [5.74, 6) is -0.244. The lowest BCUT2D eigenvalue weighted by molar-refractivity contribution is -0.120. The van der Waals surface area contributed by atoms with Crippen molar-refractivity contribution in [2.24, 2.45) is 7.05 Å². The van der Waals surface area contributed by atoms with E-state index in [0.717, 1.165) is 38.9 Å². The first-order valence-corrected chi connectivity index (χ1v) is 12.8. The van der Waals surface area contributed by atoms with Crippen molar-refractivity contribution in [1.29, 1.82) is 0 Å². The third-order valence-corrected chi connectivity index (χ3v) is 7.24. The van der Waals surface area contributed by atoms with Gasteiger partial charge in [0, 0.05) is 29.4 Å². The zero-order valence-corrected chi connectivity index (χ0v) is 22.4. The van der Waals surface area contributed by atoms with E-state index in [2.05, 4.69) is 37.4 Å². The summed E-state index contributed by atoms with van der Waals surface area (Å²) in [6, 6.07) is 23.1. The highest BCUT2D eigenvalue weighted by molar-refractivity contribution is 6.31. The minimum Gasteiger partial charge on any atom is -0.335 e. The molecule has 9 nitrogen and oxygen atoms in total. The van der Waals surface area contributed by atoms with Gasteiger partial charge in [0.05, 0.1) is 23.7 Å². The van der Waals surface area contributed by atoms with E-state index in [0.29, 0.717) is 15.7 Å². The fourth-order valence-corrected chi connectivity index (χ4v) is 5.31. The van der Waals surface area contributed by atoms with Crippen molar-refractivity contribution in [3.05, 3.63) is 112 Å². The number of halogens is 2. The number of hydrogen-bond acceptors (Lipinski definition) is 6. The van der Waals surface area contributed by atoms with Crippen molar-refractivity contribution >= 4 is 45.7 Å². The monoisotopic (exact) mass is 556 g/mol. The first-order valence-electron chi connectivity index (χ1n) is 12.0. The summed E-state index contributed by atoms with van der Waals surface area (Å²) in [6.07, 6.45) is 3.49. The maximum atomic E-state index is 12.2. The molecule has 0 saturated carbocycles. The zero-order chi connectivity index (χ0) is 27.1. The van der Waals surface area contributed by atoms with Crippen molar-refractivity contribution in [2.75, 3.05) is 0 Å². The van der Waals surface area contributed by atoms with Gasteiger partial charge in [0.2, 0.25) is 5.91 Å². The van der Waals surface area contributed by atoms with Crippen LogP contribution in [0.2, 0.25) is 10.0 Å². The number of hydrogen-bond donors (Lipinski definition) is 2. The van der Waals surface area contributed by atoms with Crippen LogP contribution in [0.15, 0.2) is 85.3 Å². The average molecular weight is 557 g/mol. The van der Waals surface area contributed by atoms with E-state index in [9.17, 15) is 4.79 Å². The van der Waals surface area contributed by atoms with Crippen molar-refractivity contribution in [3.8, 4) is 11.1 Å². The summed E-state index contributed by atoms with van der Waals surface area (Å²) in [5, 5.41) is 14.4. The third kappa shape index (κ3) is 4.30. The molecule has 3 heterocycles. The molecule has 0 fully saturated rings. The Morgan fingerprint density at radius 1 is 0.949 bits per heavy atom. The number of carbonyl (C=O) groups excluding carboxylic acids is 1.